The van der Waals surface area contributed by atoms with Gasteiger partial charge in [0.15, 0.2) is 10.4 Å². The predicted molar refractivity (Wildman–Crippen MR) is 76.1 cm³/mol. The van der Waals surface area contributed by atoms with E-state index in [1.165, 1.54) is 32.4 Å². The first-order valence-electron chi connectivity index (χ1n) is 7.03. The molecule has 1 atom stereocenters. The molecule has 0 radical (unpaired) electrons. The Labute approximate surface area is 121 Å². The Morgan fingerprint density at radius 1 is 1.21 bits per heavy atom. The summed E-state index contributed by atoms with van der Waals surface area (Å²) in [6.07, 6.45) is 5.05. The van der Waals surface area contributed by atoms with Crippen LogP contribution in [0.25, 0.3) is 0 Å². The van der Waals surface area contributed by atoms with Crippen LogP contribution in [0.1, 0.15) is 36.2 Å². The van der Waals surface area contributed by atoms with E-state index in [1.807, 2.05) is 4.90 Å². The molecule has 0 aliphatic carbocycles. The average Bonchev–Trinajstić information content (AvgIpc) is 3.08. The van der Waals surface area contributed by atoms with Crippen LogP contribution in [0.5, 0.6) is 0 Å². The van der Waals surface area contributed by atoms with Crippen LogP contribution >= 0.6 is 15.9 Å². The van der Waals surface area contributed by atoms with Crippen LogP contribution in [0.15, 0.2) is 21.2 Å². The standard InChI is InChI=1S/C14H19BrN2O2/c15-13-5-4-12(19-13)14(18)17-9-6-11(10-17)16-7-2-1-3-8-16/h4-5,11H,1-3,6-10H2. The zero-order chi connectivity index (χ0) is 13.2. The van der Waals surface area contributed by atoms with Crippen molar-refractivity contribution in [2.24, 2.45) is 0 Å². The van der Waals surface area contributed by atoms with Gasteiger partial charge in [-0.05, 0) is 60.4 Å². The molecule has 2 aliphatic rings. The quantitative estimate of drug-likeness (QED) is 0.838. The molecule has 104 valence electrons. The minimum Gasteiger partial charge on any atom is -0.444 e. The predicted octanol–water partition coefficient (Wildman–Crippen LogP) is 2.74. The third-order valence-electron chi connectivity index (χ3n) is 4.14. The van der Waals surface area contributed by atoms with Gasteiger partial charge in [0.25, 0.3) is 5.91 Å². The number of carbonyl (C=O) groups is 1. The second kappa shape index (κ2) is 5.67. The van der Waals surface area contributed by atoms with Gasteiger partial charge >= 0.3 is 0 Å². The van der Waals surface area contributed by atoms with Gasteiger partial charge < -0.3 is 9.32 Å². The Hall–Kier alpha value is -0.810. The number of hydrogen-bond acceptors (Lipinski definition) is 3. The molecule has 3 rings (SSSR count). The van der Waals surface area contributed by atoms with Gasteiger partial charge in [0, 0.05) is 19.1 Å². The second-order valence-electron chi connectivity index (χ2n) is 5.39. The third kappa shape index (κ3) is 2.87. The van der Waals surface area contributed by atoms with E-state index in [1.54, 1.807) is 12.1 Å². The normalized spacial score (nSPS) is 24.9. The van der Waals surface area contributed by atoms with Crippen molar-refractivity contribution in [3.63, 3.8) is 0 Å². The Kier molecular flexibility index (Phi) is 3.93. The molecule has 2 aliphatic heterocycles. The molecule has 0 bridgehead atoms. The lowest BCUT2D eigenvalue weighted by Crippen LogP contribution is -2.41. The second-order valence-corrected chi connectivity index (χ2v) is 6.18. The van der Waals surface area contributed by atoms with E-state index >= 15 is 0 Å². The fourth-order valence-corrected chi connectivity index (χ4v) is 3.40. The molecule has 1 unspecified atom stereocenters. The number of carbonyl (C=O) groups excluding carboxylic acids is 1. The van der Waals surface area contributed by atoms with Gasteiger partial charge in [-0.15, -0.1) is 0 Å². The van der Waals surface area contributed by atoms with Crippen LogP contribution in [0, 0.1) is 0 Å². The molecule has 5 heteroatoms. The van der Waals surface area contributed by atoms with Crippen molar-refractivity contribution in [2.45, 2.75) is 31.7 Å². The maximum Gasteiger partial charge on any atom is 0.289 e. The summed E-state index contributed by atoms with van der Waals surface area (Å²) in [5, 5.41) is 0. The average molecular weight is 327 g/mol. The van der Waals surface area contributed by atoms with Crippen LogP contribution in [0.2, 0.25) is 0 Å². The molecule has 0 aromatic carbocycles. The van der Waals surface area contributed by atoms with E-state index in [-0.39, 0.29) is 5.91 Å². The van der Waals surface area contributed by atoms with Crippen molar-refractivity contribution in [3.05, 3.63) is 22.6 Å². The third-order valence-corrected chi connectivity index (χ3v) is 4.57. The molecule has 1 amide bonds. The zero-order valence-electron chi connectivity index (χ0n) is 11.0. The maximum absolute atomic E-state index is 12.3. The summed E-state index contributed by atoms with van der Waals surface area (Å²) in [5.41, 5.74) is 0. The molecule has 4 nitrogen and oxygen atoms in total. The summed E-state index contributed by atoms with van der Waals surface area (Å²) in [5.74, 6) is 0.455. The number of furan rings is 1. The number of likely N-dealkylation sites (tertiary alicyclic amines) is 2. The summed E-state index contributed by atoms with van der Waals surface area (Å²) < 4.78 is 5.96. The molecule has 1 aromatic heterocycles. The number of nitrogens with zero attached hydrogens (tertiary/aromatic N) is 2. The number of halogens is 1. The Morgan fingerprint density at radius 3 is 2.68 bits per heavy atom. The Balaban J connectivity index is 1.60. The van der Waals surface area contributed by atoms with Crippen molar-refractivity contribution < 1.29 is 9.21 Å². The summed E-state index contributed by atoms with van der Waals surface area (Å²) in [6.45, 7) is 4.08. The first-order valence-corrected chi connectivity index (χ1v) is 7.82. The molecular weight excluding hydrogens is 308 g/mol. The van der Waals surface area contributed by atoms with E-state index in [0.29, 0.717) is 16.5 Å². The highest BCUT2D eigenvalue weighted by molar-refractivity contribution is 9.10. The molecule has 19 heavy (non-hydrogen) atoms. The highest BCUT2D eigenvalue weighted by Crippen LogP contribution is 2.23. The van der Waals surface area contributed by atoms with Crippen LogP contribution in [-0.4, -0.2) is 47.9 Å². The molecule has 0 saturated carbocycles. The lowest BCUT2D eigenvalue weighted by atomic mass is 10.1. The zero-order valence-corrected chi connectivity index (χ0v) is 12.6. The number of rotatable bonds is 2. The van der Waals surface area contributed by atoms with Gasteiger partial charge in [0.05, 0.1) is 0 Å². The summed E-state index contributed by atoms with van der Waals surface area (Å²) in [4.78, 5) is 16.8. The minimum absolute atomic E-state index is 0.0187. The molecule has 2 saturated heterocycles. The van der Waals surface area contributed by atoms with Crippen molar-refractivity contribution in [3.8, 4) is 0 Å². The van der Waals surface area contributed by atoms with Crippen LogP contribution in [0.3, 0.4) is 0 Å². The monoisotopic (exact) mass is 326 g/mol. The number of piperidine rings is 1. The van der Waals surface area contributed by atoms with E-state index < -0.39 is 0 Å². The minimum atomic E-state index is 0.0187. The van der Waals surface area contributed by atoms with Crippen molar-refractivity contribution in [1.82, 2.24) is 9.80 Å². The molecule has 0 spiro atoms. The van der Waals surface area contributed by atoms with Gasteiger partial charge in [-0.25, -0.2) is 0 Å². The van der Waals surface area contributed by atoms with Crippen molar-refractivity contribution in [2.75, 3.05) is 26.2 Å². The van der Waals surface area contributed by atoms with Crippen LogP contribution in [0.4, 0.5) is 0 Å². The van der Waals surface area contributed by atoms with E-state index in [9.17, 15) is 4.79 Å². The fourth-order valence-electron chi connectivity index (χ4n) is 3.09. The first-order chi connectivity index (χ1) is 9.24. The lowest BCUT2D eigenvalue weighted by Gasteiger charge is -2.32. The van der Waals surface area contributed by atoms with Crippen molar-refractivity contribution in [1.29, 1.82) is 0 Å². The number of amides is 1. The van der Waals surface area contributed by atoms with Gasteiger partial charge in [-0.3, -0.25) is 9.69 Å². The van der Waals surface area contributed by atoms with E-state index in [2.05, 4.69) is 20.8 Å². The molecular formula is C14H19BrN2O2. The highest BCUT2D eigenvalue weighted by atomic mass is 79.9. The van der Waals surface area contributed by atoms with Crippen LogP contribution < -0.4 is 0 Å². The van der Waals surface area contributed by atoms with E-state index in [0.717, 1.165) is 19.5 Å². The lowest BCUT2D eigenvalue weighted by molar-refractivity contribution is 0.0739. The summed E-state index contributed by atoms with van der Waals surface area (Å²) >= 11 is 3.24. The SMILES string of the molecule is O=C(c1ccc(Br)o1)N1CCC(N2CCCCC2)C1. The van der Waals surface area contributed by atoms with Crippen molar-refractivity contribution >= 4 is 21.8 Å². The molecule has 0 N–H and O–H groups in total. The van der Waals surface area contributed by atoms with Gasteiger partial charge in [-0.2, -0.15) is 0 Å². The first kappa shape index (κ1) is 13.2. The molecule has 2 fully saturated rings. The number of hydrogen-bond donors (Lipinski definition) is 0. The van der Waals surface area contributed by atoms with Crippen LogP contribution in [-0.2, 0) is 0 Å². The largest absolute Gasteiger partial charge is 0.444 e. The summed E-state index contributed by atoms with van der Waals surface area (Å²) in [6, 6.07) is 4.05. The van der Waals surface area contributed by atoms with E-state index in [4.69, 9.17) is 4.42 Å². The topological polar surface area (TPSA) is 36.7 Å². The summed E-state index contributed by atoms with van der Waals surface area (Å²) in [7, 11) is 0. The molecule has 1 aromatic rings. The highest BCUT2D eigenvalue weighted by Gasteiger charge is 2.32. The maximum atomic E-state index is 12.3. The van der Waals surface area contributed by atoms with Gasteiger partial charge in [0.1, 0.15) is 0 Å². The Bertz CT molecular complexity index is 454. The Morgan fingerprint density at radius 2 is 2.00 bits per heavy atom. The smallest absolute Gasteiger partial charge is 0.289 e. The van der Waals surface area contributed by atoms with Gasteiger partial charge in [-0.1, -0.05) is 6.42 Å². The fraction of sp³-hybridized carbons (Fsp3) is 0.643. The van der Waals surface area contributed by atoms with Gasteiger partial charge in [0.2, 0.25) is 0 Å². The molecule has 3 heterocycles.